The summed E-state index contributed by atoms with van der Waals surface area (Å²) in [6, 6.07) is 7.77. The van der Waals surface area contributed by atoms with Gasteiger partial charge in [0.1, 0.15) is 15.6 Å². The summed E-state index contributed by atoms with van der Waals surface area (Å²) in [5.41, 5.74) is 1.67. The van der Waals surface area contributed by atoms with Crippen molar-refractivity contribution in [2.45, 2.75) is 19.4 Å². The Kier molecular flexibility index (Phi) is 5.63. The zero-order valence-corrected chi connectivity index (χ0v) is 18.3. The summed E-state index contributed by atoms with van der Waals surface area (Å²) in [5.74, 6) is 1.30. The first-order valence-electron chi connectivity index (χ1n) is 9.72. The first-order valence-corrected chi connectivity index (χ1v) is 12.4. The van der Waals surface area contributed by atoms with Gasteiger partial charge in [-0.1, -0.05) is 12.1 Å². The number of carbonyl (C=O) groups excluding carboxylic acids is 1. The molecule has 1 atom stereocenters. The molecule has 1 amide bonds. The van der Waals surface area contributed by atoms with E-state index >= 15 is 0 Å². The van der Waals surface area contributed by atoms with E-state index in [0.29, 0.717) is 37.5 Å². The van der Waals surface area contributed by atoms with Crippen molar-refractivity contribution in [3.05, 3.63) is 34.8 Å². The minimum absolute atomic E-state index is 0.00726. The minimum Gasteiger partial charge on any atom is -0.497 e. The summed E-state index contributed by atoms with van der Waals surface area (Å²) in [6.07, 6.45) is 0.703. The zero-order valence-electron chi connectivity index (χ0n) is 16.6. The standard InChI is InChI=1S/C20H25N3O4S2/c1-14-18(28-19(21-14)15-4-3-5-17(12-15)27-2)20(24)23-9-7-22(8-10-23)16-6-11-29(25,26)13-16/h3-5,12,16H,6-11,13H2,1-2H3. The van der Waals surface area contributed by atoms with Crippen LogP contribution in [0.15, 0.2) is 24.3 Å². The lowest BCUT2D eigenvalue weighted by atomic mass is 10.2. The van der Waals surface area contributed by atoms with Gasteiger partial charge in [0.05, 0.1) is 24.3 Å². The van der Waals surface area contributed by atoms with Crippen LogP contribution in [0, 0.1) is 6.92 Å². The summed E-state index contributed by atoms with van der Waals surface area (Å²) < 4.78 is 28.7. The number of methoxy groups -OCH3 is 1. The second-order valence-corrected chi connectivity index (χ2v) is 10.8. The van der Waals surface area contributed by atoms with Gasteiger partial charge in [0.2, 0.25) is 0 Å². The molecule has 0 bridgehead atoms. The maximum absolute atomic E-state index is 13.1. The number of ether oxygens (including phenoxy) is 1. The predicted molar refractivity (Wildman–Crippen MR) is 113 cm³/mol. The Morgan fingerprint density at radius 2 is 2.00 bits per heavy atom. The van der Waals surface area contributed by atoms with Gasteiger partial charge in [-0.05, 0) is 25.5 Å². The van der Waals surface area contributed by atoms with E-state index in [1.54, 1.807) is 7.11 Å². The quantitative estimate of drug-likeness (QED) is 0.732. The van der Waals surface area contributed by atoms with Crippen molar-refractivity contribution in [1.82, 2.24) is 14.8 Å². The molecule has 2 aliphatic heterocycles. The number of aromatic nitrogens is 1. The monoisotopic (exact) mass is 435 g/mol. The van der Waals surface area contributed by atoms with Crippen LogP contribution in [0.1, 0.15) is 21.8 Å². The molecule has 2 aliphatic rings. The molecular weight excluding hydrogens is 410 g/mol. The van der Waals surface area contributed by atoms with E-state index in [4.69, 9.17) is 4.74 Å². The van der Waals surface area contributed by atoms with Crippen LogP contribution in [0.25, 0.3) is 10.6 Å². The molecule has 1 aromatic carbocycles. The van der Waals surface area contributed by atoms with Gasteiger partial charge in [-0.25, -0.2) is 13.4 Å². The van der Waals surface area contributed by atoms with E-state index in [9.17, 15) is 13.2 Å². The lowest BCUT2D eigenvalue weighted by Gasteiger charge is -2.37. The van der Waals surface area contributed by atoms with E-state index in [1.165, 1.54) is 11.3 Å². The fourth-order valence-electron chi connectivity index (χ4n) is 3.97. The molecule has 0 saturated carbocycles. The maximum atomic E-state index is 13.1. The van der Waals surface area contributed by atoms with Gasteiger partial charge < -0.3 is 9.64 Å². The van der Waals surface area contributed by atoms with E-state index in [2.05, 4.69) is 9.88 Å². The Morgan fingerprint density at radius 1 is 1.24 bits per heavy atom. The fraction of sp³-hybridized carbons (Fsp3) is 0.500. The topological polar surface area (TPSA) is 79.8 Å². The number of carbonyl (C=O) groups is 1. The highest BCUT2D eigenvalue weighted by molar-refractivity contribution is 7.91. The number of rotatable bonds is 4. The number of nitrogens with zero attached hydrogens (tertiary/aromatic N) is 3. The molecule has 1 aromatic heterocycles. The van der Waals surface area contributed by atoms with Crippen LogP contribution in [-0.4, -0.2) is 79.9 Å². The smallest absolute Gasteiger partial charge is 0.265 e. The van der Waals surface area contributed by atoms with Crippen LogP contribution in [0.3, 0.4) is 0 Å². The molecule has 0 aliphatic carbocycles. The van der Waals surface area contributed by atoms with Crippen molar-refractivity contribution in [3.63, 3.8) is 0 Å². The number of hydrogen-bond acceptors (Lipinski definition) is 7. The van der Waals surface area contributed by atoms with Crippen molar-refractivity contribution in [2.75, 3.05) is 44.8 Å². The summed E-state index contributed by atoms with van der Waals surface area (Å²) in [5, 5.41) is 0.805. The first-order chi connectivity index (χ1) is 13.9. The Labute approximate surface area is 175 Å². The summed E-state index contributed by atoms with van der Waals surface area (Å²) >= 11 is 1.41. The van der Waals surface area contributed by atoms with Crippen molar-refractivity contribution in [3.8, 4) is 16.3 Å². The van der Waals surface area contributed by atoms with E-state index < -0.39 is 9.84 Å². The van der Waals surface area contributed by atoms with Crippen LogP contribution in [0.2, 0.25) is 0 Å². The zero-order chi connectivity index (χ0) is 20.6. The van der Waals surface area contributed by atoms with Crippen molar-refractivity contribution in [1.29, 1.82) is 0 Å². The first kappa shape index (κ1) is 20.3. The lowest BCUT2D eigenvalue weighted by Crippen LogP contribution is -2.52. The van der Waals surface area contributed by atoms with Gasteiger partial charge in [-0.3, -0.25) is 9.69 Å². The Balaban J connectivity index is 1.43. The number of amides is 1. The third kappa shape index (κ3) is 4.31. The molecule has 0 spiro atoms. The van der Waals surface area contributed by atoms with E-state index in [1.807, 2.05) is 36.1 Å². The number of sulfone groups is 1. The van der Waals surface area contributed by atoms with Gasteiger partial charge in [-0.15, -0.1) is 11.3 Å². The average Bonchev–Trinajstić information content (AvgIpc) is 3.29. The molecule has 0 radical (unpaired) electrons. The largest absolute Gasteiger partial charge is 0.497 e. The van der Waals surface area contributed by atoms with E-state index in [-0.39, 0.29) is 23.5 Å². The Bertz CT molecular complexity index is 1010. The number of hydrogen-bond donors (Lipinski definition) is 0. The van der Waals surface area contributed by atoms with Crippen LogP contribution in [-0.2, 0) is 9.84 Å². The molecule has 3 heterocycles. The van der Waals surface area contributed by atoms with Crippen molar-refractivity contribution >= 4 is 27.1 Å². The van der Waals surface area contributed by atoms with Gasteiger partial charge in [0.25, 0.3) is 5.91 Å². The number of thiazole rings is 1. The molecule has 29 heavy (non-hydrogen) atoms. The molecule has 4 rings (SSSR count). The highest BCUT2D eigenvalue weighted by atomic mass is 32.2. The van der Waals surface area contributed by atoms with Gasteiger partial charge in [0, 0.05) is 37.8 Å². The van der Waals surface area contributed by atoms with Crippen LogP contribution >= 0.6 is 11.3 Å². The average molecular weight is 436 g/mol. The number of piperazine rings is 1. The highest BCUT2D eigenvalue weighted by Crippen LogP contribution is 2.31. The Hall–Kier alpha value is -1.97. The molecule has 2 aromatic rings. The second-order valence-electron chi connectivity index (χ2n) is 7.55. The molecule has 2 fully saturated rings. The van der Waals surface area contributed by atoms with Gasteiger partial charge in [0.15, 0.2) is 9.84 Å². The summed E-state index contributed by atoms with van der Waals surface area (Å²) in [6.45, 7) is 4.52. The van der Waals surface area contributed by atoms with Gasteiger partial charge in [-0.2, -0.15) is 0 Å². The van der Waals surface area contributed by atoms with Gasteiger partial charge >= 0.3 is 0 Å². The molecule has 7 nitrogen and oxygen atoms in total. The fourth-order valence-corrected chi connectivity index (χ4v) is 6.76. The summed E-state index contributed by atoms with van der Waals surface area (Å²) in [4.78, 5) is 22.4. The molecular formula is C20H25N3O4S2. The van der Waals surface area contributed by atoms with Crippen molar-refractivity contribution < 1.29 is 17.9 Å². The number of aryl methyl sites for hydroxylation is 1. The van der Waals surface area contributed by atoms with Crippen LogP contribution in [0.4, 0.5) is 0 Å². The molecule has 9 heteroatoms. The molecule has 0 N–H and O–H groups in total. The SMILES string of the molecule is COc1cccc(-c2nc(C)c(C(=O)N3CCN(C4CCS(=O)(=O)C4)CC3)s2)c1. The van der Waals surface area contributed by atoms with Crippen LogP contribution < -0.4 is 4.74 Å². The highest BCUT2D eigenvalue weighted by Gasteiger charge is 2.35. The molecule has 1 unspecified atom stereocenters. The normalized spacial score (nSPS) is 22.0. The second kappa shape index (κ2) is 8.04. The Morgan fingerprint density at radius 3 is 2.66 bits per heavy atom. The molecule has 156 valence electrons. The lowest BCUT2D eigenvalue weighted by molar-refractivity contribution is 0.0591. The third-order valence-corrected chi connectivity index (χ3v) is 8.58. The summed E-state index contributed by atoms with van der Waals surface area (Å²) in [7, 11) is -1.26. The number of benzene rings is 1. The van der Waals surface area contributed by atoms with E-state index in [0.717, 1.165) is 22.0 Å². The van der Waals surface area contributed by atoms with Crippen LogP contribution in [0.5, 0.6) is 5.75 Å². The van der Waals surface area contributed by atoms with Crippen molar-refractivity contribution in [2.24, 2.45) is 0 Å². The predicted octanol–water partition coefficient (Wildman–Crippen LogP) is 2.07. The maximum Gasteiger partial charge on any atom is 0.265 e. The minimum atomic E-state index is -2.89. The molecule has 2 saturated heterocycles. The third-order valence-electron chi connectivity index (χ3n) is 5.63.